The van der Waals surface area contributed by atoms with E-state index in [2.05, 4.69) is 5.32 Å². The van der Waals surface area contributed by atoms with Crippen LogP contribution in [0.25, 0.3) is 0 Å². The zero-order valence-electron chi connectivity index (χ0n) is 10.8. The van der Waals surface area contributed by atoms with E-state index in [1.54, 1.807) is 19.1 Å². The van der Waals surface area contributed by atoms with Crippen LogP contribution in [-0.4, -0.2) is 37.2 Å². The van der Waals surface area contributed by atoms with Crippen LogP contribution in [0.1, 0.15) is 6.92 Å². The number of hydrogen-bond acceptors (Lipinski definition) is 4. The van der Waals surface area contributed by atoms with E-state index in [0.717, 1.165) is 5.69 Å². The van der Waals surface area contributed by atoms with Gasteiger partial charge in [-0.3, -0.25) is 9.59 Å². The maximum atomic E-state index is 11.2. The van der Waals surface area contributed by atoms with Crippen molar-refractivity contribution in [2.45, 2.75) is 6.92 Å². The number of rotatable bonds is 4. The minimum Gasteiger partial charge on any atom is -0.482 e. The summed E-state index contributed by atoms with van der Waals surface area (Å²) in [6.45, 7) is 2.07. The zero-order chi connectivity index (χ0) is 14.0. The molecule has 102 valence electrons. The van der Waals surface area contributed by atoms with Gasteiger partial charge in [-0.15, -0.1) is 0 Å². The summed E-state index contributed by atoms with van der Waals surface area (Å²) in [5.74, 6) is -0.859. The van der Waals surface area contributed by atoms with Crippen molar-refractivity contribution in [3.8, 4) is 5.75 Å². The van der Waals surface area contributed by atoms with Crippen LogP contribution in [0, 0.1) is 5.92 Å². The molecule has 1 atom stereocenters. The van der Waals surface area contributed by atoms with E-state index in [1.165, 1.54) is 0 Å². The lowest BCUT2D eigenvalue weighted by Crippen LogP contribution is -2.29. The molecule has 0 spiro atoms. The summed E-state index contributed by atoms with van der Waals surface area (Å²) in [4.78, 5) is 23.9. The van der Waals surface area contributed by atoms with Crippen LogP contribution in [-0.2, 0) is 9.59 Å². The van der Waals surface area contributed by atoms with E-state index >= 15 is 0 Å². The average molecular weight is 264 g/mol. The highest BCUT2D eigenvalue weighted by Gasteiger charge is 2.18. The predicted molar refractivity (Wildman–Crippen MR) is 70.6 cm³/mol. The van der Waals surface area contributed by atoms with Crippen LogP contribution >= 0.6 is 0 Å². The van der Waals surface area contributed by atoms with Gasteiger partial charge in [-0.2, -0.15) is 0 Å². The molecular formula is C13H16N2O4. The SMILES string of the molecule is CC(CN(C)c1ccc2c(c1)NC(=O)CO2)C(=O)O. The predicted octanol–water partition coefficient (Wildman–Crippen LogP) is 1.17. The molecule has 1 aromatic carbocycles. The Kier molecular flexibility index (Phi) is 3.59. The van der Waals surface area contributed by atoms with E-state index in [-0.39, 0.29) is 12.5 Å². The minimum absolute atomic E-state index is 0.0260. The third kappa shape index (κ3) is 2.96. The molecule has 0 fully saturated rings. The lowest BCUT2D eigenvalue weighted by Gasteiger charge is -2.24. The van der Waals surface area contributed by atoms with Crippen LogP contribution in [0.3, 0.4) is 0 Å². The molecule has 1 aromatic rings. The van der Waals surface area contributed by atoms with Crippen LogP contribution in [0.5, 0.6) is 5.75 Å². The third-order valence-electron chi connectivity index (χ3n) is 3.01. The van der Waals surface area contributed by atoms with Gasteiger partial charge < -0.3 is 20.1 Å². The first-order valence-electron chi connectivity index (χ1n) is 5.98. The standard InChI is InChI=1S/C13H16N2O4/c1-8(13(17)18)6-15(2)9-3-4-11-10(5-9)14-12(16)7-19-11/h3-5,8H,6-7H2,1-2H3,(H,14,16)(H,17,18). The number of carboxylic acids is 1. The quantitative estimate of drug-likeness (QED) is 0.853. The number of anilines is 2. The second kappa shape index (κ2) is 5.17. The molecule has 6 heteroatoms. The van der Waals surface area contributed by atoms with Crippen LogP contribution in [0.2, 0.25) is 0 Å². The topological polar surface area (TPSA) is 78.9 Å². The van der Waals surface area contributed by atoms with E-state index in [1.807, 2.05) is 18.0 Å². The normalized spacial score (nSPS) is 14.9. The molecule has 2 N–H and O–H groups in total. The first-order valence-corrected chi connectivity index (χ1v) is 5.98. The minimum atomic E-state index is -0.832. The maximum absolute atomic E-state index is 11.2. The Bertz CT molecular complexity index is 515. The van der Waals surface area contributed by atoms with Gasteiger partial charge in [0.05, 0.1) is 11.6 Å². The molecule has 1 aliphatic rings. The number of amides is 1. The van der Waals surface area contributed by atoms with E-state index in [0.29, 0.717) is 18.0 Å². The van der Waals surface area contributed by atoms with E-state index in [4.69, 9.17) is 9.84 Å². The number of nitrogens with one attached hydrogen (secondary N) is 1. The van der Waals surface area contributed by atoms with Crippen molar-refractivity contribution in [3.05, 3.63) is 18.2 Å². The highest BCUT2D eigenvalue weighted by molar-refractivity contribution is 5.96. The second-order valence-electron chi connectivity index (χ2n) is 4.64. The van der Waals surface area contributed by atoms with Gasteiger partial charge in [0.2, 0.25) is 0 Å². The van der Waals surface area contributed by atoms with Crippen molar-refractivity contribution in [1.29, 1.82) is 0 Å². The fourth-order valence-corrected chi connectivity index (χ4v) is 1.90. The van der Waals surface area contributed by atoms with Gasteiger partial charge in [-0.25, -0.2) is 0 Å². The molecule has 1 amide bonds. The van der Waals surface area contributed by atoms with Gasteiger partial charge in [0.1, 0.15) is 5.75 Å². The molecule has 2 rings (SSSR count). The highest BCUT2D eigenvalue weighted by atomic mass is 16.5. The van der Waals surface area contributed by atoms with Crippen molar-refractivity contribution in [3.63, 3.8) is 0 Å². The number of aliphatic carboxylic acids is 1. The summed E-state index contributed by atoms with van der Waals surface area (Å²) in [5.41, 5.74) is 1.45. The lowest BCUT2D eigenvalue weighted by molar-refractivity contribution is -0.140. The molecule has 6 nitrogen and oxygen atoms in total. The first kappa shape index (κ1) is 13.2. The van der Waals surface area contributed by atoms with Crippen molar-refractivity contribution in [2.24, 2.45) is 5.92 Å². The third-order valence-corrected chi connectivity index (χ3v) is 3.01. The molecule has 0 saturated carbocycles. The Hall–Kier alpha value is -2.24. The number of carbonyl (C=O) groups is 2. The molecule has 0 saturated heterocycles. The van der Waals surface area contributed by atoms with Crippen molar-refractivity contribution in [2.75, 3.05) is 30.4 Å². The summed E-state index contributed by atoms with van der Waals surface area (Å²) in [6.07, 6.45) is 0. The number of hydrogen-bond donors (Lipinski definition) is 2. The second-order valence-corrected chi connectivity index (χ2v) is 4.64. The van der Waals surface area contributed by atoms with Crippen LogP contribution in [0.4, 0.5) is 11.4 Å². The summed E-state index contributed by atoms with van der Waals surface area (Å²) in [6, 6.07) is 5.39. The molecule has 0 bridgehead atoms. The fourth-order valence-electron chi connectivity index (χ4n) is 1.90. The zero-order valence-corrected chi connectivity index (χ0v) is 10.8. The van der Waals surface area contributed by atoms with E-state index in [9.17, 15) is 9.59 Å². The Balaban J connectivity index is 2.15. The molecule has 1 unspecified atom stereocenters. The van der Waals surface area contributed by atoms with Gasteiger partial charge in [0.15, 0.2) is 6.61 Å². The Morgan fingerprint density at radius 3 is 3.00 bits per heavy atom. The van der Waals surface area contributed by atoms with Gasteiger partial charge in [-0.05, 0) is 18.2 Å². The summed E-state index contributed by atoms with van der Waals surface area (Å²) in [5, 5.41) is 11.6. The van der Waals surface area contributed by atoms with Crippen LogP contribution < -0.4 is 15.0 Å². The number of benzene rings is 1. The smallest absolute Gasteiger partial charge is 0.308 e. The summed E-state index contributed by atoms with van der Waals surface area (Å²) < 4.78 is 5.27. The molecule has 1 aliphatic heterocycles. The monoisotopic (exact) mass is 264 g/mol. The van der Waals surface area contributed by atoms with Crippen molar-refractivity contribution < 1.29 is 19.4 Å². The maximum Gasteiger partial charge on any atom is 0.308 e. The molecule has 0 aromatic heterocycles. The molecular weight excluding hydrogens is 248 g/mol. The summed E-state index contributed by atoms with van der Waals surface area (Å²) >= 11 is 0. The average Bonchev–Trinajstić information content (AvgIpc) is 2.37. The molecule has 19 heavy (non-hydrogen) atoms. The van der Waals surface area contributed by atoms with Crippen molar-refractivity contribution in [1.82, 2.24) is 0 Å². The van der Waals surface area contributed by atoms with Crippen LogP contribution in [0.15, 0.2) is 18.2 Å². The Labute approximate surface area is 111 Å². The van der Waals surface area contributed by atoms with Gasteiger partial charge in [0, 0.05) is 19.3 Å². The van der Waals surface area contributed by atoms with E-state index < -0.39 is 11.9 Å². The Morgan fingerprint density at radius 1 is 1.58 bits per heavy atom. The van der Waals surface area contributed by atoms with Gasteiger partial charge >= 0.3 is 5.97 Å². The fraction of sp³-hybridized carbons (Fsp3) is 0.385. The number of ether oxygens (including phenoxy) is 1. The molecule has 1 heterocycles. The first-order chi connectivity index (χ1) is 8.97. The number of nitrogens with zero attached hydrogens (tertiary/aromatic N) is 1. The lowest BCUT2D eigenvalue weighted by atomic mass is 10.1. The largest absolute Gasteiger partial charge is 0.482 e. The van der Waals surface area contributed by atoms with Gasteiger partial charge in [-0.1, -0.05) is 6.92 Å². The Morgan fingerprint density at radius 2 is 2.32 bits per heavy atom. The molecule has 0 aliphatic carbocycles. The van der Waals surface area contributed by atoms with Crippen molar-refractivity contribution >= 4 is 23.3 Å². The molecule has 0 radical (unpaired) electrons. The number of carboxylic acid groups (broad SMARTS) is 1. The summed E-state index contributed by atoms with van der Waals surface area (Å²) in [7, 11) is 1.81. The highest BCUT2D eigenvalue weighted by Crippen LogP contribution is 2.31. The number of fused-ring (bicyclic) bond motifs is 1. The van der Waals surface area contributed by atoms with Gasteiger partial charge in [0.25, 0.3) is 5.91 Å². The number of carbonyl (C=O) groups excluding carboxylic acids is 1.